The molecule has 2 atom stereocenters. The summed E-state index contributed by atoms with van der Waals surface area (Å²) >= 11 is 0. The Morgan fingerprint density at radius 1 is 1.26 bits per heavy atom. The summed E-state index contributed by atoms with van der Waals surface area (Å²) in [5, 5.41) is 20.8. The molecule has 102 valence electrons. The first-order valence-corrected chi connectivity index (χ1v) is 6.55. The molecule has 3 heteroatoms. The molecule has 1 aliphatic rings. The van der Waals surface area contributed by atoms with E-state index in [0.29, 0.717) is 12.2 Å². The first-order valence-electron chi connectivity index (χ1n) is 6.55. The third kappa shape index (κ3) is 2.57. The highest BCUT2D eigenvalue weighted by Gasteiger charge is 2.41. The van der Waals surface area contributed by atoms with E-state index in [1.165, 1.54) is 7.11 Å². The van der Waals surface area contributed by atoms with Gasteiger partial charge < -0.3 is 14.9 Å². The molecular weight excluding hydrogens is 240 g/mol. The van der Waals surface area contributed by atoms with Crippen LogP contribution in [0.3, 0.4) is 0 Å². The highest BCUT2D eigenvalue weighted by Crippen LogP contribution is 2.36. The number of ether oxygens (including phenoxy) is 1. The molecule has 0 radical (unpaired) electrons. The van der Waals surface area contributed by atoms with E-state index < -0.39 is 11.7 Å². The number of hydrogen-bond donors (Lipinski definition) is 2. The van der Waals surface area contributed by atoms with Crippen LogP contribution in [0.5, 0.6) is 0 Å². The molecule has 0 amide bonds. The molecule has 3 nitrogen and oxygen atoms in total. The number of rotatable bonds is 4. The smallest absolute Gasteiger partial charge is 0.151 e. The van der Waals surface area contributed by atoms with E-state index >= 15 is 0 Å². The molecule has 2 rings (SSSR count). The molecule has 0 heterocycles. The van der Waals surface area contributed by atoms with Crippen molar-refractivity contribution in [1.29, 1.82) is 0 Å². The lowest BCUT2D eigenvalue weighted by Gasteiger charge is -2.35. The number of aliphatic hydroxyl groups excluding tert-OH is 1. The highest BCUT2D eigenvalue weighted by molar-refractivity contribution is 5.76. The van der Waals surface area contributed by atoms with Crippen molar-refractivity contribution in [2.45, 2.75) is 31.5 Å². The molecule has 0 bridgehead atoms. The fourth-order valence-electron chi connectivity index (χ4n) is 2.47. The average molecular weight is 260 g/mol. The fraction of sp³-hybridized carbons (Fsp3) is 0.375. The van der Waals surface area contributed by atoms with Gasteiger partial charge >= 0.3 is 0 Å². The van der Waals surface area contributed by atoms with Gasteiger partial charge in [-0.2, -0.15) is 0 Å². The van der Waals surface area contributed by atoms with E-state index in [4.69, 9.17) is 4.74 Å². The highest BCUT2D eigenvalue weighted by atomic mass is 16.5. The van der Waals surface area contributed by atoms with E-state index in [-0.39, 0.29) is 0 Å². The second kappa shape index (κ2) is 5.59. The molecule has 0 fully saturated rings. The third-order valence-electron chi connectivity index (χ3n) is 3.50. The van der Waals surface area contributed by atoms with Crippen LogP contribution in [-0.2, 0) is 4.74 Å². The maximum Gasteiger partial charge on any atom is 0.151 e. The average Bonchev–Trinajstić information content (AvgIpc) is 2.43. The minimum absolute atomic E-state index is 0.420. The summed E-state index contributed by atoms with van der Waals surface area (Å²) in [6.45, 7) is 1.97. The normalized spacial score (nSPS) is 26.6. The molecule has 0 saturated carbocycles. The lowest BCUT2D eigenvalue weighted by atomic mass is 9.82. The number of benzene rings is 1. The van der Waals surface area contributed by atoms with Gasteiger partial charge in [0.15, 0.2) is 5.60 Å². The summed E-state index contributed by atoms with van der Waals surface area (Å²) in [5.41, 5.74) is 0.544. The summed E-state index contributed by atoms with van der Waals surface area (Å²) in [5.74, 6) is 0.420. The van der Waals surface area contributed by atoms with Crippen LogP contribution in [0.15, 0.2) is 48.2 Å². The molecule has 2 N–H and O–H groups in total. The molecule has 1 aromatic carbocycles. The summed E-state index contributed by atoms with van der Waals surface area (Å²) in [4.78, 5) is 0. The van der Waals surface area contributed by atoms with Gasteiger partial charge in [-0.05, 0) is 29.7 Å². The van der Waals surface area contributed by atoms with Gasteiger partial charge in [0.25, 0.3) is 0 Å². The topological polar surface area (TPSA) is 49.7 Å². The number of allylic oxidation sites excluding steroid dienone is 2. The van der Waals surface area contributed by atoms with Gasteiger partial charge in [-0.3, -0.25) is 0 Å². The molecule has 1 aromatic rings. The summed E-state index contributed by atoms with van der Waals surface area (Å²) in [6, 6.07) is 9.75. The van der Waals surface area contributed by atoms with Crippen LogP contribution in [0.2, 0.25) is 0 Å². The van der Waals surface area contributed by atoms with Crippen molar-refractivity contribution >= 4 is 5.57 Å². The van der Waals surface area contributed by atoms with Gasteiger partial charge in [-0.1, -0.05) is 43.7 Å². The van der Waals surface area contributed by atoms with Crippen LogP contribution in [0, 0.1) is 0 Å². The van der Waals surface area contributed by atoms with Gasteiger partial charge in [0, 0.05) is 0 Å². The quantitative estimate of drug-likeness (QED) is 0.874. The maximum absolute atomic E-state index is 10.6. The molecule has 0 saturated heterocycles. The van der Waals surface area contributed by atoms with Crippen molar-refractivity contribution in [3.8, 4) is 0 Å². The Hall–Kier alpha value is -1.58. The van der Waals surface area contributed by atoms with Crippen molar-refractivity contribution in [3.63, 3.8) is 0 Å². The first kappa shape index (κ1) is 13.8. The Morgan fingerprint density at radius 3 is 2.53 bits per heavy atom. The third-order valence-corrected chi connectivity index (χ3v) is 3.50. The summed E-state index contributed by atoms with van der Waals surface area (Å²) in [6.07, 6.45) is 3.77. The Kier molecular flexibility index (Phi) is 4.08. The zero-order chi connectivity index (χ0) is 13.9. The van der Waals surface area contributed by atoms with Crippen LogP contribution in [0.25, 0.3) is 5.57 Å². The van der Waals surface area contributed by atoms with Crippen LogP contribution in [0.4, 0.5) is 0 Å². The Balaban J connectivity index is 2.39. The van der Waals surface area contributed by atoms with E-state index in [9.17, 15) is 10.2 Å². The van der Waals surface area contributed by atoms with Gasteiger partial charge in [0.2, 0.25) is 0 Å². The molecule has 2 unspecified atom stereocenters. The van der Waals surface area contributed by atoms with Crippen LogP contribution >= 0.6 is 0 Å². The molecule has 1 aliphatic carbocycles. The van der Waals surface area contributed by atoms with Gasteiger partial charge in [-0.15, -0.1) is 0 Å². The van der Waals surface area contributed by atoms with Crippen molar-refractivity contribution in [2.24, 2.45) is 0 Å². The molecular formula is C16H20O3. The lowest BCUT2D eigenvalue weighted by molar-refractivity contribution is -0.0631. The first-order chi connectivity index (χ1) is 9.11. The molecule has 0 aliphatic heterocycles. The minimum Gasteiger partial charge on any atom is -0.498 e. The lowest BCUT2D eigenvalue weighted by Crippen LogP contribution is -2.45. The molecule has 0 aromatic heterocycles. The van der Waals surface area contributed by atoms with Gasteiger partial charge in [0.05, 0.1) is 7.11 Å². The molecule has 19 heavy (non-hydrogen) atoms. The van der Waals surface area contributed by atoms with E-state index in [2.05, 4.69) is 0 Å². The zero-order valence-electron chi connectivity index (χ0n) is 11.3. The number of methoxy groups -OCH3 is 1. The predicted octanol–water partition coefficient (Wildman–Crippen LogP) is 2.51. The van der Waals surface area contributed by atoms with Crippen molar-refractivity contribution in [1.82, 2.24) is 0 Å². The van der Waals surface area contributed by atoms with Crippen molar-refractivity contribution < 1.29 is 14.9 Å². The van der Waals surface area contributed by atoms with Crippen LogP contribution < -0.4 is 0 Å². The monoisotopic (exact) mass is 260 g/mol. The predicted molar refractivity (Wildman–Crippen MR) is 75.4 cm³/mol. The maximum atomic E-state index is 10.6. The van der Waals surface area contributed by atoms with Gasteiger partial charge in [0.1, 0.15) is 11.9 Å². The SMILES string of the molecule is CCCC1(O)C(OC)=CC(c2ccccc2)=CC1O. The van der Waals surface area contributed by atoms with Crippen LogP contribution in [0.1, 0.15) is 25.3 Å². The standard InChI is InChI=1S/C16H20O3/c1-3-9-16(18)14(17)10-13(11-15(16)19-2)12-7-5-4-6-8-12/h4-8,10-11,14,17-18H,3,9H2,1-2H3. The van der Waals surface area contributed by atoms with E-state index in [0.717, 1.165) is 17.6 Å². The van der Waals surface area contributed by atoms with E-state index in [1.54, 1.807) is 12.2 Å². The second-order valence-corrected chi connectivity index (χ2v) is 4.82. The Bertz CT molecular complexity index is 490. The summed E-state index contributed by atoms with van der Waals surface area (Å²) in [7, 11) is 1.52. The second-order valence-electron chi connectivity index (χ2n) is 4.82. The van der Waals surface area contributed by atoms with E-state index in [1.807, 2.05) is 37.3 Å². The number of aliphatic hydroxyl groups is 2. The van der Waals surface area contributed by atoms with Crippen LogP contribution in [-0.4, -0.2) is 29.0 Å². The summed E-state index contributed by atoms with van der Waals surface area (Å²) < 4.78 is 5.29. The fourth-order valence-corrected chi connectivity index (χ4v) is 2.47. The zero-order valence-corrected chi connectivity index (χ0v) is 11.3. The number of hydrogen-bond acceptors (Lipinski definition) is 3. The minimum atomic E-state index is -1.32. The van der Waals surface area contributed by atoms with Crippen molar-refractivity contribution in [2.75, 3.05) is 7.11 Å². The van der Waals surface area contributed by atoms with Gasteiger partial charge in [-0.25, -0.2) is 0 Å². The molecule has 0 spiro atoms. The Morgan fingerprint density at radius 2 is 1.95 bits per heavy atom. The Labute approximate surface area is 113 Å². The largest absolute Gasteiger partial charge is 0.498 e. The van der Waals surface area contributed by atoms with Crippen molar-refractivity contribution in [3.05, 3.63) is 53.8 Å².